The molecule has 0 radical (unpaired) electrons. The van der Waals surface area contributed by atoms with Gasteiger partial charge in [0.05, 0.1) is 4.90 Å². The van der Waals surface area contributed by atoms with E-state index in [-0.39, 0.29) is 5.92 Å². The highest BCUT2D eigenvalue weighted by atomic mass is 35.5. The largest absolute Gasteiger partial charge is 0.240 e. The lowest BCUT2D eigenvalue weighted by molar-refractivity contribution is 0.562. The second-order valence-electron chi connectivity index (χ2n) is 4.36. The predicted molar refractivity (Wildman–Crippen MR) is 71.0 cm³/mol. The van der Waals surface area contributed by atoms with Crippen LogP contribution in [0.2, 0.25) is 0 Å². The number of sulfonamides is 1. The van der Waals surface area contributed by atoms with Crippen LogP contribution < -0.4 is 4.72 Å². The van der Waals surface area contributed by atoms with E-state index in [1.165, 1.54) is 0 Å². The lowest BCUT2D eigenvalue weighted by atomic mass is 10.1. The number of aryl methyl sites for hydroxylation is 2. The van der Waals surface area contributed by atoms with Crippen LogP contribution in [0.3, 0.4) is 0 Å². The number of benzene rings is 1. The van der Waals surface area contributed by atoms with E-state index >= 15 is 0 Å². The van der Waals surface area contributed by atoms with Gasteiger partial charge in [0.15, 0.2) is 0 Å². The molecule has 5 heteroatoms. The fraction of sp³-hybridized carbons (Fsp3) is 0.500. The van der Waals surface area contributed by atoms with Crippen LogP contribution in [0, 0.1) is 19.8 Å². The third-order valence-corrected chi connectivity index (χ3v) is 4.62. The molecule has 0 aromatic heterocycles. The zero-order valence-corrected chi connectivity index (χ0v) is 11.9. The monoisotopic (exact) mass is 275 g/mol. The molecule has 0 amide bonds. The maximum atomic E-state index is 12.0. The van der Waals surface area contributed by atoms with Crippen molar-refractivity contribution in [1.29, 1.82) is 0 Å². The maximum absolute atomic E-state index is 12.0. The zero-order valence-electron chi connectivity index (χ0n) is 10.3. The first-order chi connectivity index (χ1) is 7.86. The molecule has 1 N–H and O–H groups in total. The van der Waals surface area contributed by atoms with Crippen molar-refractivity contribution in [2.24, 2.45) is 5.92 Å². The summed E-state index contributed by atoms with van der Waals surface area (Å²) in [5.74, 6) is 0.563. The molecule has 0 aliphatic carbocycles. The van der Waals surface area contributed by atoms with Crippen LogP contribution in [0.15, 0.2) is 23.1 Å². The Bertz CT molecular complexity index is 485. The van der Waals surface area contributed by atoms with E-state index < -0.39 is 10.0 Å². The predicted octanol–water partition coefficient (Wildman–Crippen LogP) is 2.46. The Balaban J connectivity index is 2.86. The zero-order chi connectivity index (χ0) is 13.1. The standard InChI is InChI=1S/C12H18ClNO2S/c1-9(7-13)8-14-17(15,16)12-5-4-10(2)11(3)6-12/h4-6,9,14H,7-8H2,1-3H3. The van der Waals surface area contributed by atoms with Gasteiger partial charge < -0.3 is 0 Å². The molecule has 0 spiro atoms. The van der Waals surface area contributed by atoms with E-state index in [2.05, 4.69) is 4.72 Å². The quantitative estimate of drug-likeness (QED) is 0.839. The first kappa shape index (κ1) is 14.5. The van der Waals surface area contributed by atoms with Crippen molar-refractivity contribution in [2.45, 2.75) is 25.7 Å². The van der Waals surface area contributed by atoms with Crippen molar-refractivity contribution >= 4 is 21.6 Å². The third kappa shape index (κ3) is 3.98. The van der Waals surface area contributed by atoms with E-state index in [9.17, 15) is 8.42 Å². The molecule has 1 atom stereocenters. The molecule has 0 heterocycles. The molecular weight excluding hydrogens is 258 g/mol. The van der Waals surface area contributed by atoms with E-state index in [0.29, 0.717) is 17.3 Å². The van der Waals surface area contributed by atoms with Crippen LogP contribution in [0.5, 0.6) is 0 Å². The lowest BCUT2D eigenvalue weighted by Crippen LogP contribution is -2.29. The van der Waals surface area contributed by atoms with Crippen molar-refractivity contribution in [2.75, 3.05) is 12.4 Å². The smallest absolute Gasteiger partial charge is 0.211 e. The number of nitrogens with one attached hydrogen (secondary N) is 1. The van der Waals surface area contributed by atoms with E-state index in [1.54, 1.807) is 12.1 Å². The summed E-state index contributed by atoms with van der Waals surface area (Å²) in [5, 5.41) is 0. The normalized spacial score (nSPS) is 13.6. The Morgan fingerprint density at radius 1 is 1.29 bits per heavy atom. The van der Waals surface area contributed by atoms with Crippen LogP contribution in [0.1, 0.15) is 18.1 Å². The summed E-state index contributed by atoms with van der Waals surface area (Å²) in [4.78, 5) is 0.308. The summed E-state index contributed by atoms with van der Waals surface area (Å²) in [6, 6.07) is 5.12. The van der Waals surface area contributed by atoms with Gasteiger partial charge in [-0.3, -0.25) is 0 Å². The Morgan fingerprint density at radius 3 is 2.47 bits per heavy atom. The van der Waals surface area contributed by atoms with Gasteiger partial charge in [-0.2, -0.15) is 0 Å². The minimum atomic E-state index is -3.41. The molecular formula is C12H18ClNO2S. The van der Waals surface area contributed by atoms with Gasteiger partial charge in [0, 0.05) is 12.4 Å². The first-order valence-corrected chi connectivity index (χ1v) is 7.51. The van der Waals surface area contributed by atoms with Crippen LogP contribution in [0.25, 0.3) is 0 Å². The van der Waals surface area contributed by atoms with Crippen LogP contribution in [0.4, 0.5) is 0 Å². The van der Waals surface area contributed by atoms with Gasteiger partial charge in [-0.15, -0.1) is 11.6 Å². The number of rotatable bonds is 5. The molecule has 1 aromatic carbocycles. The van der Waals surface area contributed by atoms with Gasteiger partial charge in [-0.05, 0) is 43.0 Å². The van der Waals surface area contributed by atoms with Gasteiger partial charge in [-0.1, -0.05) is 13.0 Å². The van der Waals surface area contributed by atoms with E-state index in [0.717, 1.165) is 11.1 Å². The van der Waals surface area contributed by atoms with Crippen LogP contribution in [-0.4, -0.2) is 20.8 Å². The molecule has 0 bridgehead atoms. The highest BCUT2D eigenvalue weighted by Gasteiger charge is 2.15. The summed E-state index contributed by atoms with van der Waals surface area (Å²) < 4.78 is 26.5. The second kappa shape index (κ2) is 5.85. The Labute approximate surface area is 108 Å². The highest BCUT2D eigenvalue weighted by Crippen LogP contribution is 2.14. The molecule has 0 aliphatic rings. The van der Waals surface area contributed by atoms with Gasteiger partial charge >= 0.3 is 0 Å². The number of hydrogen-bond donors (Lipinski definition) is 1. The fourth-order valence-electron chi connectivity index (χ4n) is 1.27. The van der Waals surface area contributed by atoms with Gasteiger partial charge in [0.1, 0.15) is 0 Å². The average molecular weight is 276 g/mol. The van der Waals surface area contributed by atoms with Crippen molar-refractivity contribution < 1.29 is 8.42 Å². The molecule has 17 heavy (non-hydrogen) atoms. The van der Waals surface area contributed by atoms with Crippen LogP contribution >= 0.6 is 11.6 Å². The number of alkyl halides is 1. The average Bonchev–Trinajstić information content (AvgIpc) is 2.29. The minimum absolute atomic E-state index is 0.123. The summed E-state index contributed by atoms with van der Waals surface area (Å²) in [6.45, 7) is 6.11. The second-order valence-corrected chi connectivity index (χ2v) is 6.43. The molecule has 0 fully saturated rings. The topological polar surface area (TPSA) is 46.2 Å². The molecule has 96 valence electrons. The summed E-state index contributed by atoms with van der Waals surface area (Å²) in [6.07, 6.45) is 0. The van der Waals surface area contributed by atoms with Gasteiger partial charge in [0.25, 0.3) is 0 Å². The molecule has 0 aliphatic heterocycles. The van der Waals surface area contributed by atoms with E-state index in [4.69, 9.17) is 11.6 Å². The van der Waals surface area contributed by atoms with Crippen LogP contribution in [-0.2, 0) is 10.0 Å². The summed E-state index contributed by atoms with van der Waals surface area (Å²) in [7, 11) is -3.41. The van der Waals surface area contributed by atoms with Crippen molar-refractivity contribution in [3.05, 3.63) is 29.3 Å². The third-order valence-electron chi connectivity index (χ3n) is 2.67. The first-order valence-electron chi connectivity index (χ1n) is 5.49. The molecule has 0 saturated carbocycles. The molecule has 1 rings (SSSR count). The number of halogens is 1. The van der Waals surface area contributed by atoms with Crippen molar-refractivity contribution in [3.63, 3.8) is 0 Å². The van der Waals surface area contributed by atoms with Gasteiger partial charge in [0.2, 0.25) is 10.0 Å². The van der Waals surface area contributed by atoms with Crippen molar-refractivity contribution in [3.8, 4) is 0 Å². The van der Waals surface area contributed by atoms with E-state index in [1.807, 2.05) is 26.8 Å². The molecule has 3 nitrogen and oxygen atoms in total. The maximum Gasteiger partial charge on any atom is 0.240 e. The number of hydrogen-bond acceptors (Lipinski definition) is 2. The Kier molecular flexibility index (Phi) is 4.98. The Hall–Kier alpha value is -0.580. The van der Waals surface area contributed by atoms with Crippen molar-refractivity contribution in [1.82, 2.24) is 4.72 Å². The summed E-state index contributed by atoms with van der Waals surface area (Å²) in [5.41, 5.74) is 2.05. The summed E-state index contributed by atoms with van der Waals surface area (Å²) >= 11 is 5.64. The lowest BCUT2D eigenvalue weighted by Gasteiger charge is -2.11. The SMILES string of the molecule is Cc1ccc(S(=O)(=O)NCC(C)CCl)cc1C. The highest BCUT2D eigenvalue weighted by molar-refractivity contribution is 7.89. The molecule has 1 aromatic rings. The molecule has 1 unspecified atom stereocenters. The Morgan fingerprint density at radius 2 is 1.94 bits per heavy atom. The fourth-order valence-corrected chi connectivity index (χ4v) is 2.63. The minimum Gasteiger partial charge on any atom is -0.211 e. The molecule has 0 saturated heterocycles. The van der Waals surface area contributed by atoms with Gasteiger partial charge in [-0.25, -0.2) is 13.1 Å².